The van der Waals surface area contributed by atoms with Gasteiger partial charge in [-0.2, -0.15) is 18.4 Å². The molecule has 1 atom stereocenters. The van der Waals surface area contributed by atoms with Gasteiger partial charge in [-0.15, -0.1) is 0 Å². The molecular formula is C11H9F3N2O3. The zero-order chi connectivity index (χ0) is 14.6. The Kier molecular flexibility index (Phi) is 4.32. The molecule has 0 radical (unpaired) electrons. The van der Waals surface area contributed by atoms with Crippen LogP contribution < -0.4 is 4.74 Å². The molecule has 0 fully saturated rings. The normalized spacial score (nSPS) is 12.6. The Balaban J connectivity index is 2.79. The lowest BCUT2D eigenvalue weighted by Gasteiger charge is -2.15. The van der Waals surface area contributed by atoms with Gasteiger partial charge in [0.15, 0.2) is 5.92 Å². The van der Waals surface area contributed by atoms with Gasteiger partial charge in [-0.05, 0) is 18.6 Å². The molecule has 0 aromatic heterocycles. The number of rotatable bonds is 4. The highest BCUT2D eigenvalue weighted by molar-refractivity contribution is 5.42. The molecular weight excluding hydrogens is 265 g/mol. The van der Waals surface area contributed by atoms with Crippen LogP contribution in [0.4, 0.5) is 18.9 Å². The van der Waals surface area contributed by atoms with E-state index in [1.165, 1.54) is 19.1 Å². The predicted molar refractivity (Wildman–Crippen MR) is 58.5 cm³/mol. The van der Waals surface area contributed by atoms with Gasteiger partial charge in [0.2, 0.25) is 0 Å². The summed E-state index contributed by atoms with van der Waals surface area (Å²) < 4.78 is 41.8. The van der Waals surface area contributed by atoms with Gasteiger partial charge >= 0.3 is 6.18 Å². The number of nitro benzene ring substituents is 1. The molecule has 1 rings (SSSR count). The first kappa shape index (κ1) is 14.8. The summed E-state index contributed by atoms with van der Waals surface area (Å²) in [5, 5.41) is 18.9. The number of ether oxygens (including phenoxy) is 1. The number of aryl methyl sites for hydroxylation is 1. The topological polar surface area (TPSA) is 76.2 Å². The molecule has 1 unspecified atom stereocenters. The van der Waals surface area contributed by atoms with E-state index in [0.29, 0.717) is 5.56 Å². The minimum atomic E-state index is -4.66. The van der Waals surface area contributed by atoms with E-state index in [4.69, 9.17) is 10.00 Å². The van der Waals surface area contributed by atoms with Crippen molar-refractivity contribution in [2.24, 2.45) is 5.92 Å². The van der Waals surface area contributed by atoms with Crippen LogP contribution in [0.2, 0.25) is 0 Å². The van der Waals surface area contributed by atoms with E-state index in [0.717, 1.165) is 12.1 Å². The second kappa shape index (κ2) is 5.56. The fraction of sp³-hybridized carbons (Fsp3) is 0.364. The van der Waals surface area contributed by atoms with E-state index in [1.807, 2.05) is 0 Å². The molecule has 5 nitrogen and oxygen atoms in total. The van der Waals surface area contributed by atoms with Crippen LogP contribution in [0.3, 0.4) is 0 Å². The van der Waals surface area contributed by atoms with Crippen molar-refractivity contribution < 1.29 is 22.8 Å². The summed E-state index contributed by atoms with van der Waals surface area (Å²) in [6, 6.07) is 4.62. The van der Waals surface area contributed by atoms with Crippen LogP contribution in [-0.2, 0) is 0 Å². The first-order valence-electron chi connectivity index (χ1n) is 5.10. The molecule has 0 saturated carbocycles. The lowest BCUT2D eigenvalue weighted by atomic mass is 10.1. The number of nitrogens with zero attached hydrogens (tertiary/aromatic N) is 2. The van der Waals surface area contributed by atoms with E-state index < -0.39 is 23.6 Å². The van der Waals surface area contributed by atoms with Crippen molar-refractivity contribution >= 4 is 5.69 Å². The molecule has 0 heterocycles. The minimum Gasteiger partial charge on any atom is -0.492 e. The van der Waals surface area contributed by atoms with Crippen LogP contribution in [0, 0.1) is 34.3 Å². The average molecular weight is 274 g/mol. The molecule has 0 aliphatic heterocycles. The molecule has 0 saturated heterocycles. The van der Waals surface area contributed by atoms with Crippen molar-refractivity contribution in [3.8, 4) is 11.8 Å². The lowest BCUT2D eigenvalue weighted by Crippen LogP contribution is -2.27. The maximum atomic E-state index is 12.3. The highest BCUT2D eigenvalue weighted by Crippen LogP contribution is 2.28. The Morgan fingerprint density at radius 2 is 2.16 bits per heavy atom. The molecule has 0 amide bonds. The van der Waals surface area contributed by atoms with E-state index in [1.54, 1.807) is 0 Å². The molecule has 102 valence electrons. The molecule has 8 heteroatoms. The van der Waals surface area contributed by atoms with E-state index in [9.17, 15) is 23.3 Å². The number of nitriles is 1. The number of halogens is 3. The van der Waals surface area contributed by atoms with Crippen molar-refractivity contribution in [1.29, 1.82) is 5.26 Å². The van der Waals surface area contributed by atoms with Crippen LogP contribution in [0.25, 0.3) is 0 Å². The van der Waals surface area contributed by atoms with E-state index in [2.05, 4.69) is 0 Å². The quantitative estimate of drug-likeness (QED) is 0.624. The highest BCUT2D eigenvalue weighted by Gasteiger charge is 2.40. The Morgan fingerprint density at radius 3 is 2.58 bits per heavy atom. The first-order chi connectivity index (χ1) is 8.75. The third kappa shape index (κ3) is 3.84. The maximum Gasteiger partial charge on any atom is 0.407 e. The number of nitro groups is 1. The molecule has 0 aliphatic carbocycles. The molecule has 0 aliphatic rings. The van der Waals surface area contributed by atoms with Gasteiger partial charge in [0.05, 0.1) is 11.0 Å². The van der Waals surface area contributed by atoms with Crippen LogP contribution in [0.15, 0.2) is 18.2 Å². The Bertz CT molecular complexity index is 523. The van der Waals surface area contributed by atoms with Crippen molar-refractivity contribution in [2.75, 3.05) is 6.61 Å². The zero-order valence-electron chi connectivity index (χ0n) is 9.77. The van der Waals surface area contributed by atoms with Crippen molar-refractivity contribution in [1.82, 2.24) is 0 Å². The van der Waals surface area contributed by atoms with E-state index in [-0.39, 0.29) is 11.4 Å². The summed E-state index contributed by atoms with van der Waals surface area (Å²) in [7, 11) is 0. The fourth-order valence-corrected chi connectivity index (χ4v) is 1.29. The lowest BCUT2D eigenvalue weighted by molar-refractivity contribution is -0.384. The third-order valence-electron chi connectivity index (χ3n) is 2.33. The van der Waals surface area contributed by atoms with Gasteiger partial charge in [0.1, 0.15) is 12.4 Å². The SMILES string of the molecule is Cc1cc([N+](=O)[O-])ccc1OCC(C#N)C(F)(F)F. The minimum absolute atomic E-state index is 0.0788. The van der Waals surface area contributed by atoms with Crippen LogP contribution in [-0.4, -0.2) is 17.7 Å². The van der Waals surface area contributed by atoms with Gasteiger partial charge < -0.3 is 4.74 Å². The summed E-state index contributed by atoms with van der Waals surface area (Å²) >= 11 is 0. The number of benzene rings is 1. The highest BCUT2D eigenvalue weighted by atomic mass is 19.4. The van der Waals surface area contributed by atoms with Crippen LogP contribution in [0.1, 0.15) is 5.56 Å². The van der Waals surface area contributed by atoms with Crippen LogP contribution in [0.5, 0.6) is 5.75 Å². The van der Waals surface area contributed by atoms with Gasteiger partial charge in [-0.3, -0.25) is 10.1 Å². The average Bonchev–Trinajstić information content (AvgIpc) is 2.29. The first-order valence-corrected chi connectivity index (χ1v) is 5.10. The van der Waals surface area contributed by atoms with Crippen LogP contribution >= 0.6 is 0 Å². The Morgan fingerprint density at radius 1 is 1.53 bits per heavy atom. The zero-order valence-corrected chi connectivity index (χ0v) is 9.77. The summed E-state index contributed by atoms with van der Waals surface area (Å²) in [6.45, 7) is 0.621. The molecule has 0 spiro atoms. The van der Waals surface area contributed by atoms with Gasteiger partial charge in [0, 0.05) is 12.1 Å². The van der Waals surface area contributed by atoms with Crippen molar-refractivity contribution in [3.05, 3.63) is 33.9 Å². The second-order valence-corrected chi connectivity index (χ2v) is 3.74. The Labute approximate surface area is 106 Å². The largest absolute Gasteiger partial charge is 0.492 e. The van der Waals surface area contributed by atoms with Gasteiger partial charge in [-0.25, -0.2) is 0 Å². The summed E-state index contributed by atoms with van der Waals surface area (Å²) in [5.74, 6) is -2.16. The maximum absolute atomic E-state index is 12.3. The standard InChI is InChI=1S/C11H9F3N2O3/c1-7-4-9(16(17)18)2-3-10(7)19-6-8(5-15)11(12,13)14/h2-4,8H,6H2,1H3. The van der Waals surface area contributed by atoms with Crippen molar-refractivity contribution in [2.45, 2.75) is 13.1 Å². The summed E-state index contributed by atoms with van der Waals surface area (Å²) in [6.07, 6.45) is -4.66. The monoisotopic (exact) mass is 274 g/mol. The summed E-state index contributed by atoms with van der Waals surface area (Å²) in [5.41, 5.74) is 0.144. The molecule has 19 heavy (non-hydrogen) atoms. The predicted octanol–water partition coefficient (Wildman–Crippen LogP) is 2.98. The molecule has 0 N–H and O–H groups in total. The fourth-order valence-electron chi connectivity index (χ4n) is 1.29. The second-order valence-electron chi connectivity index (χ2n) is 3.74. The smallest absolute Gasteiger partial charge is 0.407 e. The molecule has 1 aromatic carbocycles. The van der Waals surface area contributed by atoms with E-state index >= 15 is 0 Å². The summed E-state index contributed by atoms with van der Waals surface area (Å²) in [4.78, 5) is 9.86. The molecule has 1 aromatic rings. The Hall–Kier alpha value is -2.30. The third-order valence-corrected chi connectivity index (χ3v) is 2.33. The molecule has 0 bridgehead atoms. The van der Waals surface area contributed by atoms with Gasteiger partial charge in [0.25, 0.3) is 5.69 Å². The van der Waals surface area contributed by atoms with Gasteiger partial charge in [-0.1, -0.05) is 0 Å². The number of non-ortho nitro benzene ring substituents is 1. The number of hydrogen-bond acceptors (Lipinski definition) is 4. The number of alkyl halides is 3. The van der Waals surface area contributed by atoms with Crippen molar-refractivity contribution in [3.63, 3.8) is 0 Å². The number of hydrogen-bond donors (Lipinski definition) is 0.